The number of hydrogen-bond acceptors (Lipinski definition) is 5. The quantitative estimate of drug-likeness (QED) is 0.558. The van der Waals surface area contributed by atoms with Gasteiger partial charge in [0.25, 0.3) is 5.56 Å². The highest BCUT2D eigenvalue weighted by molar-refractivity contribution is 7.18. The molecular formula is C18H11F2N3O2S2. The predicted molar refractivity (Wildman–Crippen MR) is 102 cm³/mol. The number of halogens is 2. The Labute approximate surface area is 159 Å². The molecule has 136 valence electrons. The normalized spacial score (nSPS) is 11.0. The van der Waals surface area contributed by atoms with Crippen LogP contribution in [0.15, 0.2) is 52.2 Å². The van der Waals surface area contributed by atoms with Gasteiger partial charge in [-0.3, -0.25) is 14.2 Å². The molecule has 9 heteroatoms. The zero-order valence-electron chi connectivity index (χ0n) is 13.6. The van der Waals surface area contributed by atoms with Crippen molar-refractivity contribution in [3.05, 3.63) is 69.4 Å². The second-order valence-corrected chi connectivity index (χ2v) is 7.50. The van der Waals surface area contributed by atoms with Gasteiger partial charge in [-0.05, 0) is 23.6 Å². The van der Waals surface area contributed by atoms with Gasteiger partial charge in [0.1, 0.15) is 23.0 Å². The molecule has 0 aliphatic heterocycles. The number of anilines is 1. The van der Waals surface area contributed by atoms with Gasteiger partial charge in [-0.25, -0.2) is 13.8 Å². The molecule has 0 radical (unpaired) electrons. The summed E-state index contributed by atoms with van der Waals surface area (Å²) in [4.78, 5) is 30.8. The molecule has 4 aromatic rings. The summed E-state index contributed by atoms with van der Waals surface area (Å²) in [5.41, 5.74) is 0.420. The summed E-state index contributed by atoms with van der Waals surface area (Å²) in [6, 6.07) is 6.51. The van der Waals surface area contributed by atoms with Gasteiger partial charge in [0, 0.05) is 27.6 Å². The third kappa shape index (κ3) is 3.51. The molecule has 0 saturated heterocycles. The first-order valence-corrected chi connectivity index (χ1v) is 9.53. The lowest BCUT2D eigenvalue weighted by Crippen LogP contribution is -2.27. The summed E-state index contributed by atoms with van der Waals surface area (Å²) in [6.07, 6.45) is 1.30. The number of fused-ring (bicyclic) bond motifs is 1. The van der Waals surface area contributed by atoms with Gasteiger partial charge in [-0.15, -0.1) is 22.7 Å². The van der Waals surface area contributed by atoms with Crippen LogP contribution in [0.3, 0.4) is 0 Å². The predicted octanol–water partition coefficient (Wildman–Crippen LogP) is 4.10. The number of carbonyl (C=O) groups is 1. The van der Waals surface area contributed by atoms with Gasteiger partial charge in [0.05, 0.1) is 11.7 Å². The van der Waals surface area contributed by atoms with E-state index in [-0.39, 0.29) is 17.8 Å². The lowest BCUT2D eigenvalue weighted by Gasteiger charge is -2.08. The standard InChI is InChI=1S/C18H11F2N3O2S2/c19-10-4-11(20)6-12(5-10)22-15(24)7-23-9-21-17-16(18(23)25)13(8-27-17)14-2-1-3-26-14/h1-6,8-9H,7H2,(H,22,24). The van der Waals surface area contributed by atoms with Crippen molar-refractivity contribution < 1.29 is 13.6 Å². The van der Waals surface area contributed by atoms with Crippen LogP contribution in [0, 0.1) is 11.6 Å². The molecule has 0 unspecified atom stereocenters. The average Bonchev–Trinajstić information content (AvgIpc) is 3.25. The highest BCUT2D eigenvalue weighted by Gasteiger charge is 2.15. The van der Waals surface area contributed by atoms with Crippen molar-refractivity contribution in [3.8, 4) is 10.4 Å². The monoisotopic (exact) mass is 403 g/mol. The van der Waals surface area contributed by atoms with E-state index in [2.05, 4.69) is 10.3 Å². The molecule has 0 spiro atoms. The number of thiophene rings is 2. The molecule has 5 nitrogen and oxygen atoms in total. The lowest BCUT2D eigenvalue weighted by atomic mass is 10.2. The third-order valence-electron chi connectivity index (χ3n) is 3.81. The van der Waals surface area contributed by atoms with E-state index in [0.29, 0.717) is 16.3 Å². The zero-order valence-corrected chi connectivity index (χ0v) is 15.2. The Kier molecular flexibility index (Phi) is 4.54. The number of hydrogen-bond donors (Lipinski definition) is 1. The molecule has 27 heavy (non-hydrogen) atoms. The summed E-state index contributed by atoms with van der Waals surface area (Å²) in [7, 11) is 0. The number of carbonyl (C=O) groups excluding carboxylic acids is 1. The van der Waals surface area contributed by atoms with E-state index < -0.39 is 17.5 Å². The van der Waals surface area contributed by atoms with Crippen LogP contribution in [0.1, 0.15) is 0 Å². The second-order valence-electron chi connectivity index (χ2n) is 5.69. The van der Waals surface area contributed by atoms with Crippen LogP contribution < -0.4 is 10.9 Å². The Morgan fingerprint density at radius 3 is 2.67 bits per heavy atom. The van der Waals surface area contributed by atoms with Crippen LogP contribution in [0.25, 0.3) is 20.7 Å². The van der Waals surface area contributed by atoms with Crippen molar-refractivity contribution in [1.29, 1.82) is 0 Å². The zero-order chi connectivity index (χ0) is 19.0. The van der Waals surface area contributed by atoms with E-state index in [9.17, 15) is 18.4 Å². The maximum absolute atomic E-state index is 13.2. The average molecular weight is 403 g/mol. The molecule has 0 saturated carbocycles. The van der Waals surface area contributed by atoms with E-state index in [4.69, 9.17) is 0 Å². The van der Waals surface area contributed by atoms with Crippen molar-refractivity contribution in [1.82, 2.24) is 9.55 Å². The molecule has 0 aliphatic rings. The Hall–Kier alpha value is -2.91. The minimum atomic E-state index is -0.801. The maximum Gasteiger partial charge on any atom is 0.263 e. The summed E-state index contributed by atoms with van der Waals surface area (Å²) in [6.45, 7) is -0.320. The Morgan fingerprint density at radius 2 is 1.96 bits per heavy atom. The van der Waals surface area contributed by atoms with Gasteiger partial charge in [0.2, 0.25) is 5.91 Å². The molecule has 1 N–H and O–H groups in total. The fourth-order valence-electron chi connectivity index (χ4n) is 2.67. The van der Waals surface area contributed by atoms with Crippen molar-refractivity contribution in [2.75, 3.05) is 5.32 Å². The molecule has 0 atom stereocenters. The van der Waals surface area contributed by atoms with Crippen LogP contribution >= 0.6 is 22.7 Å². The third-order valence-corrected chi connectivity index (χ3v) is 5.60. The van der Waals surface area contributed by atoms with Gasteiger partial charge >= 0.3 is 0 Å². The van der Waals surface area contributed by atoms with Crippen LogP contribution in [-0.2, 0) is 11.3 Å². The molecule has 4 rings (SSSR count). The summed E-state index contributed by atoms with van der Waals surface area (Å²) < 4.78 is 27.6. The molecule has 1 aromatic carbocycles. The van der Waals surface area contributed by atoms with E-state index >= 15 is 0 Å². The summed E-state index contributed by atoms with van der Waals surface area (Å²) >= 11 is 2.87. The molecule has 0 aliphatic carbocycles. The lowest BCUT2D eigenvalue weighted by molar-refractivity contribution is -0.116. The first kappa shape index (κ1) is 17.5. The second kappa shape index (κ2) is 7.01. The van der Waals surface area contributed by atoms with Crippen molar-refractivity contribution in [2.45, 2.75) is 6.54 Å². The smallest absolute Gasteiger partial charge is 0.263 e. The first-order valence-electron chi connectivity index (χ1n) is 7.78. The molecule has 0 bridgehead atoms. The molecule has 3 heterocycles. The first-order chi connectivity index (χ1) is 13.0. The number of aromatic nitrogens is 2. The van der Waals surface area contributed by atoms with E-state index in [1.54, 1.807) is 0 Å². The van der Waals surface area contributed by atoms with Gasteiger partial charge in [-0.1, -0.05) is 6.07 Å². The van der Waals surface area contributed by atoms with E-state index in [1.807, 2.05) is 22.9 Å². The van der Waals surface area contributed by atoms with Gasteiger partial charge in [-0.2, -0.15) is 0 Å². The van der Waals surface area contributed by atoms with Crippen LogP contribution in [0.2, 0.25) is 0 Å². The van der Waals surface area contributed by atoms with Crippen molar-refractivity contribution >= 4 is 44.5 Å². The Balaban J connectivity index is 1.64. The number of benzene rings is 1. The fraction of sp³-hybridized carbons (Fsp3) is 0.0556. The Morgan fingerprint density at radius 1 is 1.19 bits per heavy atom. The van der Waals surface area contributed by atoms with E-state index in [1.165, 1.54) is 33.6 Å². The van der Waals surface area contributed by atoms with E-state index in [0.717, 1.165) is 22.6 Å². The van der Waals surface area contributed by atoms with Gasteiger partial charge < -0.3 is 5.32 Å². The van der Waals surface area contributed by atoms with Crippen molar-refractivity contribution in [2.24, 2.45) is 0 Å². The minimum Gasteiger partial charge on any atom is -0.324 e. The highest BCUT2D eigenvalue weighted by Crippen LogP contribution is 2.33. The minimum absolute atomic E-state index is 0.0191. The SMILES string of the molecule is O=C(Cn1cnc2scc(-c3cccs3)c2c1=O)Nc1cc(F)cc(F)c1. The number of amides is 1. The number of nitrogens with zero attached hydrogens (tertiary/aromatic N) is 2. The van der Waals surface area contributed by atoms with Crippen molar-refractivity contribution in [3.63, 3.8) is 0 Å². The molecule has 0 fully saturated rings. The van der Waals surface area contributed by atoms with Crippen LogP contribution in [0.5, 0.6) is 0 Å². The summed E-state index contributed by atoms with van der Waals surface area (Å²) in [5, 5.41) is 6.62. The number of rotatable bonds is 4. The number of nitrogens with one attached hydrogen (secondary N) is 1. The van der Waals surface area contributed by atoms with Crippen LogP contribution in [-0.4, -0.2) is 15.5 Å². The maximum atomic E-state index is 13.2. The van der Waals surface area contributed by atoms with Crippen LogP contribution in [0.4, 0.5) is 14.5 Å². The van der Waals surface area contributed by atoms with Gasteiger partial charge in [0.15, 0.2) is 0 Å². The Bertz CT molecular complexity index is 1180. The largest absolute Gasteiger partial charge is 0.324 e. The fourth-order valence-corrected chi connectivity index (χ4v) is 4.40. The highest BCUT2D eigenvalue weighted by atomic mass is 32.1. The molecule has 3 aromatic heterocycles. The molecule has 1 amide bonds. The summed E-state index contributed by atoms with van der Waals surface area (Å²) in [5.74, 6) is -2.19. The topological polar surface area (TPSA) is 64.0 Å². The molecular weight excluding hydrogens is 392 g/mol.